The van der Waals surface area contributed by atoms with Gasteiger partial charge in [0.15, 0.2) is 0 Å². The van der Waals surface area contributed by atoms with Crippen LogP contribution in [-0.2, 0) is 15.7 Å². The van der Waals surface area contributed by atoms with Crippen molar-refractivity contribution >= 4 is 17.7 Å². The number of carbonyl (C=O) groups excluding carboxylic acids is 2. The standard InChI is InChI=1S/C16H20F3N3O3/c1-11(14(23)25-2)21-6-8-22(9-7-21)15(24)20-13-5-3-4-12(10-13)16(17,18)19/h3-5,10-11H,6-9H2,1-2H3,(H,20,24)/t11-/m1/s1. The zero-order chi connectivity index (χ0) is 18.6. The molecule has 138 valence electrons. The second kappa shape index (κ2) is 7.73. The number of alkyl halides is 3. The van der Waals surface area contributed by atoms with E-state index in [1.807, 2.05) is 4.90 Å². The Balaban J connectivity index is 1.92. The molecule has 6 nitrogen and oxygen atoms in total. The molecule has 25 heavy (non-hydrogen) atoms. The first-order valence-electron chi connectivity index (χ1n) is 7.77. The molecule has 0 saturated carbocycles. The summed E-state index contributed by atoms with van der Waals surface area (Å²) in [6, 6.07) is 3.62. The molecule has 1 atom stereocenters. The highest BCUT2D eigenvalue weighted by molar-refractivity contribution is 5.89. The number of benzene rings is 1. The number of carbonyl (C=O) groups is 2. The highest BCUT2D eigenvalue weighted by Gasteiger charge is 2.31. The quantitative estimate of drug-likeness (QED) is 0.842. The minimum atomic E-state index is -4.46. The smallest absolute Gasteiger partial charge is 0.416 e. The van der Waals surface area contributed by atoms with Crippen molar-refractivity contribution in [2.75, 3.05) is 38.6 Å². The van der Waals surface area contributed by atoms with Gasteiger partial charge in [0, 0.05) is 31.9 Å². The Morgan fingerprint density at radius 1 is 1.20 bits per heavy atom. The van der Waals surface area contributed by atoms with Gasteiger partial charge in [-0.05, 0) is 25.1 Å². The predicted molar refractivity (Wildman–Crippen MR) is 85.1 cm³/mol. The number of nitrogens with zero attached hydrogens (tertiary/aromatic N) is 2. The summed E-state index contributed by atoms with van der Waals surface area (Å²) in [5.41, 5.74) is -0.729. The molecule has 1 fully saturated rings. The van der Waals surface area contributed by atoms with Gasteiger partial charge in [0.1, 0.15) is 6.04 Å². The van der Waals surface area contributed by atoms with E-state index in [-0.39, 0.29) is 11.7 Å². The van der Waals surface area contributed by atoms with Gasteiger partial charge in [0.05, 0.1) is 12.7 Å². The van der Waals surface area contributed by atoms with Crippen molar-refractivity contribution in [1.82, 2.24) is 9.80 Å². The third-order valence-electron chi connectivity index (χ3n) is 4.13. The Labute approximate surface area is 143 Å². The molecule has 0 unspecified atom stereocenters. The number of rotatable bonds is 3. The van der Waals surface area contributed by atoms with Gasteiger partial charge in [-0.25, -0.2) is 4.79 Å². The predicted octanol–water partition coefficient (Wildman–Crippen LogP) is 2.42. The maximum atomic E-state index is 12.7. The van der Waals surface area contributed by atoms with E-state index >= 15 is 0 Å². The number of methoxy groups -OCH3 is 1. The molecular formula is C16H20F3N3O3. The van der Waals surface area contributed by atoms with Gasteiger partial charge in [0.25, 0.3) is 0 Å². The van der Waals surface area contributed by atoms with Gasteiger partial charge in [-0.1, -0.05) is 6.07 Å². The Hall–Kier alpha value is -2.29. The highest BCUT2D eigenvalue weighted by Crippen LogP contribution is 2.30. The Morgan fingerprint density at radius 2 is 1.84 bits per heavy atom. The van der Waals surface area contributed by atoms with E-state index in [1.54, 1.807) is 6.92 Å². The lowest BCUT2D eigenvalue weighted by molar-refractivity contribution is -0.146. The van der Waals surface area contributed by atoms with Crippen LogP contribution in [0.15, 0.2) is 24.3 Å². The van der Waals surface area contributed by atoms with Crippen LogP contribution in [0.25, 0.3) is 0 Å². The molecule has 1 aromatic carbocycles. The second-order valence-electron chi connectivity index (χ2n) is 5.73. The monoisotopic (exact) mass is 359 g/mol. The van der Waals surface area contributed by atoms with Gasteiger partial charge < -0.3 is 15.0 Å². The number of urea groups is 1. The van der Waals surface area contributed by atoms with Gasteiger partial charge in [0.2, 0.25) is 0 Å². The lowest BCUT2D eigenvalue weighted by atomic mass is 10.2. The zero-order valence-electron chi connectivity index (χ0n) is 14.0. The molecule has 9 heteroatoms. The SMILES string of the molecule is COC(=O)[C@@H](C)N1CCN(C(=O)Nc2cccc(C(F)(F)F)c2)CC1. The molecular weight excluding hydrogens is 339 g/mol. The average Bonchev–Trinajstić information content (AvgIpc) is 2.60. The number of hydrogen-bond donors (Lipinski definition) is 1. The van der Waals surface area contributed by atoms with E-state index in [4.69, 9.17) is 4.74 Å². The molecule has 1 heterocycles. The van der Waals surface area contributed by atoms with E-state index in [0.29, 0.717) is 26.2 Å². The molecule has 2 rings (SSSR count). The first-order valence-corrected chi connectivity index (χ1v) is 7.77. The van der Waals surface area contributed by atoms with Crippen molar-refractivity contribution in [2.45, 2.75) is 19.1 Å². The van der Waals surface area contributed by atoms with Crippen molar-refractivity contribution < 1.29 is 27.5 Å². The second-order valence-corrected chi connectivity index (χ2v) is 5.73. The lowest BCUT2D eigenvalue weighted by Crippen LogP contribution is -2.54. The van der Waals surface area contributed by atoms with Crippen LogP contribution in [0, 0.1) is 0 Å². The van der Waals surface area contributed by atoms with Crippen molar-refractivity contribution in [3.63, 3.8) is 0 Å². The third-order valence-corrected chi connectivity index (χ3v) is 4.13. The van der Waals surface area contributed by atoms with E-state index in [0.717, 1.165) is 12.1 Å². The maximum absolute atomic E-state index is 12.7. The summed E-state index contributed by atoms with van der Waals surface area (Å²) in [6.07, 6.45) is -4.46. The van der Waals surface area contributed by atoms with Crippen LogP contribution >= 0.6 is 0 Å². The first kappa shape index (κ1) is 19.0. The van der Waals surface area contributed by atoms with Gasteiger partial charge in [-0.15, -0.1) is 0 Å². The van der Waals surface area contributed by atoms with Crippen LogP contribution in [0.4, 0.5) is 23.7 Å². The third kappa shape index (κ3) is 4.85. The zero-order valence-corrected chi connectivity index (χ0v) is 14.0. The molecule has 0 bridgehead atoms. The van der Waals surface area contributed by atoms with Gasteiger partial charge in [-0.2, -0.15) is 13.2 Å². The molecule has 0 spiro atoms. The maximum Gasteiger partial charge on any atom is 0.416 e. The molecule has 1 aliphatic rings. The number of esters is 1. The number of halogens is 3. The summed E-state index contributed by atoms with van der Waals surface area (Å²) in [4.78, 5) is 27.1. The van der Waals surface area contributed by atoms with E-state index in [9.17, 15) is 22.8 Å². The van der Waals surface area contributed by atoms with E-state index < -0.39 is 23.8 Å². The van der Waals surface area contributed by atoms with Crippen LogP contribution in [0.3, 0.4) is 0 Å². The number of ether oxygens (including phenoxy) is 1. The van der Waals surface area contributed by atoms with Crippen LogP contribution in [0.1, 0.15) is 12.5 Å². The van der Waals surface area contributed by atoms with E-state index in [2.05, 4.69) is 5.32 Å². The van der Waals surface area contributed by atoms with E-state index in [1.165, 1.54) is 24.1 Å². The normalized spacial score (nSPS) is 17.1. The Kier molecular flexibility index (Phi) is 5.89. The van der Waals surface area contributed by atoms with Crippen LogP contribution in [-0.4, -0.2) is 61.1 Å². The minimum absolute atomic E-state index is 0.0881. The van der Waals surface area contributed by atoms with Gasteiger partial charge >= 0.3 is 18.2 Å². The molecule has 0 aliphatic carbocycles. The van der Waals surface area contributed by atoms with Crippen molar-refractivity contribution in [3.05, 3.63) is 29.8 Å². The number of nitrogens with one attached hydrogen (secondary N) is 1. The van der Waals surface area contributed by atoms with Crippen molar-refractivity contribution in [2.24, 2.45) is 0 Å². The van der Waals surface area contributed by atoms with Crippen LogP contribution in [0.2, 0.25) is 0 Å². The molecule has 2 amide bonds. The molecule has 0 radical (unpaired) electrons. The summed E-state index contributed by atoms with van der Waals surface area (Å²) >= 11 is 0. The summed E-state index contributed by atoms with van der Waals surface area (Å²) < 4.78 is 42.8. The summed E-state index contributed by atoms with van der Waals surface area (Å²) in [5, 5.41) is 2.48. The van der Waals surface area contributed by atoms with Crippen molar-refractivity contribution in [1.29, 1.82) is 0 Å². The number of amides is 2. The van der Waals surface area contributed by atoms with Crippen LogP contribution in [0.5, 0.6) is 0 Å². The molecule has 1 aliphatic heterocycles. The molecule has 1 aromatic rings. The lowest BCUT2D eigenvalue weighted by Gasteiger charge is -2.36. The van der Waals surface area contributed by atoms with Crippen molar-refractivity contribution in [3.8, 4) is 0 Å². The highest BCUT2D eigenvalue weighted by atomic mass is 19.4. The fraction of sp³-hybridized carbons (Fsp3) is 0.500. The topological polar surface area (TPSA) is 61.9 Å². The number of piperazine rings is 1. The number of anilines is 1. The van der Waals surface area contributed by atoms with Gasteiger partial charge in [-0.3, -0.25) is 9.69 Å². The summed E-state index contributed by atoms with van der Waals surface area (Å²) in [6.45, 7) is 3.42. The van der Waals surface area contributed by atoms with Crippen LogP contribution < -0.4 is 5.32 Å². The summed E-state index contributed by atoms with van der Waals surface area (Å²) in [7, 11) is 1.32. The largest absolute Gasteiger partial charge is 0.468 e. The minimum Gasteiger partial charge on any atom is -0.468 e. The number of hydrogen-bond acceptors (Lipinski definition) is 4. The molecule has 1 saturated heterocycles. The fourth-order valence-electron chi connectivity index (χ4n) is 2.61. The first-order chi connectivity index (χ1) is 11.7. The Bertz CT molecular complexity index is 629. The molecule has 0 aromatic heterocycles. The Morgan fingerprint density at radius 3 is 2.40 bits per heavy atom. The average molecular weight is 359 g/mol. The molecule has 1 N–H and O–H groups in total. The summed E-state index contributed by atoms with van der Waals surface area (Å²) in [5.74, 6) is -0.345. The fourth-order valence-corrected chi connectivity index (χ4v) is 2.61.